The number of nitrogens with zero attached hydrogens (tertiary/aromatic N) is 1. The fraction of sp³-hybridized carbons (Fsp3) is 0.571. The van der Waals surface area contributed by atoms with Crippen molar-refractivity contribution in [1.29, 1.82) is 0 Å². The lowest BCUT2D eigenvalue weighted by Gasteiger charge is -2.19. The zero-order valence-corrected chi connectivity index (χ0v) is 11.4. The van der Waals surface area contributed by atoms with E-state index in [1.54, 1.807) is 0 Å². The van der Waals surface area contributed by atoms with Crippen LogP contribution in [0.2, 0.25) is 0 Å². The second-order valence-corrected chi connectivity index (χ2v) is 4.72. The summed E-state index contributed by atoms with van der Waals surface area (Å²) in [6, 6.07) is 6.10. The smallest absolute Gasteiger partial charge is 0.122 e. The van der Waals surface area contributed by atoms with Crippen molar-refractivity contribution in [1.82, 2.24) is 4.90 Å². The van der Waals surface area contributed by atoms with Crippen LogP contribution in [0.3, 0.4) is 0 Å². The Kier molecular flexibility index (Phi) is 6.12. The molecular formula is C14H23NO3. The molecule has 4 heteroatoms. The van der Waals surface area contributed by atoms with E-state index in [0.717, 1.165) is 11.3 Å². The molecule has 0 saturated carbocycles. The molecule has 0 aliphatic rings. The van der Waals surface area contributed by atoms with Gasteiger partial charge in [-0.15, -0.1) is 0 Å². The van der Waals surface area contributed by atoms with Crippen LogP contribution >= 0.6 is 0 Å². The third-order valence-corrected chi connectivity index (χ3v) is 2.79. The lowest BCUT2D eigenvalue weighted by atomic mass is 10.1. The predicted molar refractivity (Wildman–Crippen MR) is 72.0 cm³/mol. The Morgan fingerprint density at radius 1 is 1.33 bits per heavy atom. The van der Waals surface area contributed by atoms with Gasteiger partial charge in [-0.2, -0.15) is 0 Å². The van der Waals surface area contributed by atoms with E-state index in [4.69, 9.17) is 9.84 Å². The number of hydrogen-bond donors (Lipinski definition) is 2. The Morgan fingerprint density at radius 2 is 2.06 bits per heavy atom. The normalized spacial score (nSPS) is 12.8. The highest BCUT2D eigenvalue weighted by Gasteiger charge is 2.07. The summed E-state index contributed by atoms with van der Waals surface area (Å²) >= 11 is 0. The molecule has 0 bridgehead atoms. The van der Waals surface area contributed by atoms with Gasteiger partial charge in [-0.3, -0.25) is 0 Å². The van der Waals surface area contributed by atoms with Crippen molar-refractivity contribution in [2.75, 3.05) is 33.4 Å². The summed E-state index contributed by atoms with van der Waals surface area (Å²) in [6.45, 7) is 5.61. The molecule has 1 rings (SSSR count). The highest BCUT2D eigenvalue weighted by atomic mass is 16.5. The maximum absolute atomic E-state index is 9.29. The van der Waals surface area contributed by atoms with E-state index in [2.05, 4.69) is 13.0 Å². The summed E-state index contributed by atoms with van der Waals surface area (Å²) in [5.41, 5.74) is 2.36. The Hall–Kier alpha value is -1.10. The van der Waals surface area contributed by atoms with Gasteiger partial charge in [-0.1, -0.05) is 17.7 Å². The molecule has 2 N–H and O–H groups in total. The number of likely N-dealkylation sites (N-methyl/N-ethyl adjacent to an activating group) is 1. The van der Waals surface area contributed by atoms with E-state index in [-0.39, 0.29) is 6.61 Å². The number of aryl methyl sites for hydroxylation is 2. The Balaban J connectivity index is 2.33. The highest BCUT2D eigenvalue weighted by Crippen LogP contribution is 2.18. The number of aliphatic hydroxyl groups excluding tert-OH is 2. The summed E-state index contributed by atoms with van der Waals surface area (Å²) < 4.78 is 5.69. The minimum atomic E-state index is -0.684. The fourth-order valence-electron chi connectivity index (χ4n) is 1.78. The average Bonchev–Trinajstić information content (AvgIpc) is 2.31. The van der Waals surface area contributed by atoms with Crippen LogP contribution in [-0.4, -0.2) is 54.6 Å². The quantitative estimate of drug-likeness (QED) is 0.760. The highest BCUT2D eigenvalue weighted by molar-refractivity contribution is 5.35. The first-order valence-electron chi connectivity index (χ1n) is 6.20. The first kappa shape index (κ1) is 15.0. The Bertz CT molecular complexity index is 368. The molecule has 0 saturated heterocycles. The maximum Gasteiger partial charge on any atom is 0.122 e. The predicted octanol–water partition coefficient (Wildman–Crippen LogP) is 0.967. The fourth-order valence-corrected chi connectivity index (χ4v) is 1.78. The van der Waals surface area contributed by atoms with Gasteiger partial charge in [0.15, 0.2) is 0 Å². The van der Waals surface area contributed by atoms with Crippen molar-refractivity contribution >= 4 is 0 Å². The zero-order valence-electron chi connectivity index (χ0n) is 11.4. The summed E-state index contributed by atoms with van der Waals surface area (Å²) in [4.78, 5) is 1.93. The van der Waals surface area contributed by atoms with Gasteiger partial charge >= 0.3 is 0 Å². The molecule has 0 unspecified atom stereocenters. The van der Waals surface area contributed by atoms with Gasteiger partial charge in [-0.05, 0) is 32.5 Å². The second-order valence-electron chi connectivity index (χ2n) is 4.72. The summed E-state index contributed by atoms with van der Waals surface area (Å²) in [5.74, 6) is 0.900. The first-order chi connectivity index (χ1) is 8.52. The minimum Gasteiger partial charge on any atom is -0.492 e. The van der Waals surface area contributed by atoms with E-state index in [9.17, 15) is 5.11 Å². The van der Waals surface area contributed by atoms with Gasteiger partial charge in [0, 0.05) is 13.1 Å². The minimum absolute atomic E-state index is 0.206. The standard InChI is InChI=1S/C14H23NO3/c1-11-4-5-14(12(2)8-11)18-7-6-15(3)9-13(17)10-16/h4-5,8,13,16-17H,6-7,9-10H2,1-3H3/t13-/m1/s1. The largest absolute Gasteiger partial charge is 0.492 e. The number of aliphatic hydroxyl groups is 2. The van der Waals surface area contributed by atoms with Crippen molar-refractivity contribution in [3.8, 4) is 5.75 Å². The molecule has 0 radical (unpaired) electrons. The van der Waals surface area contributed by atoms with Crippen molar-refractivity contribution in [3.05, 3.63) is 29.3 Å². The van der Waals surface area contributed by atoms with Crippen LogP contribution in [0.5, 0.6) is 5.75 Å². The van der Waals surface area contributed by atoms with Crippen molar-refractivity contribution in [2.24, 2.45) is 0 Å². The third-order valence-electron chi connectivity index (χ3n) is 2.79. The topological polar surface area (TPSA) is 52.9 Å². The molecule has 4 nitrogen and oxygen atoms in total. The maximum atomic E-state index is 9.29. The van der Waals surface area contributed by atoms with Crippen molar-refractivity contribution < 1.29 is 14.9 Å². The van der Waals surface area contributed by atoms with E-state index in [1.165, 1.54) is 5.56 Å². The van der Waals surface area contributed by atoms with Crippen molar-refractivity contribution in [3.63, 3.8) is 0 Å². The molecule has 0 aromatic heterocycles. The average molecular weight is 253 g/mol. The van der Waals surface area contributed by atoms with Gasteiger partial charge in [0.2, 0.25) is 0 Å². The Labute approximate surface area is 109 Å². The number of hydrogen-bond acceptors (Lipinski definition) is 4. The molecule has 1 aromatic rings. The van der Waals surface area contributed by atoms with Crippen LogP contribution in [0.4, 0.5) is 0 Å². The lowest BCUT2D eigenvalue weighted by Crippen LogP contribution is -2.34. The molecule has 0 aliphatic carbocycles. The molecular weight excluding hydrogens is 230 g/mol. The van der Waals surface area contributed by atoms with Crippen LogP contribution in [0.25, 0.3) is 0 Å². The van der Waals surface area contributed by atoms with Gasteiger partial charge in [0.05, 0.1) is 12.7 Å². The molecule has 0 fully saturated rings. The molecule has 0 spiro atoms. The van der Waals surface area contributed by atoms with E-state index in [1.807, 2.05) is 31.0 Å². The van der Waals surface area contributed by atoms with E-state index >= 15 is 0 Å². The monoisotopic (exact) mass is 253 g/mol. The van der Waals surface area contributed by atoms with Gasteiger partial charge in [0.25, 0.3) is 0 Å². The van der Waals surface area contributed by atoms with Gasteiger partial charge in [-0.25, -0.2) is 0 Å². The van der Waals surface area contributed by atoms with E-state index in [0.29, 0.717) is 19.7 Å². The molecule has 0 heterocycles. The van der Waals surface area contributed by atoms with Crippen LogP contribution in [0.15, 0.2) is 18.2 Å². The number of ether oxygens (including phenoxy) is 1. The molecule has 102 valence electrons. The third kappa shape index (κ3) is 5.04. The van der Waals surface area contributed by atoms with Crippen LogP contribution < -0.4 is 4.74 Å². The first-order valence-corrected chi connectivity index (χ1v) is 6.20. The lowest BCUT2D eigenvalue weighted by molar-refractivity contribution is 0.0631. The van der Waals surface area contributed by atoms with E-state index < -0.39 is 6.10 Å². The van der Waals surface area contributed by atoms with Crippen molar-refractivity contribution in [2.45, 2.75) is 20.0 Å². The molecule has 1 aromatic carbocycles. The molecule has 0 amide bonds. The SMILES string of the molecule is Cc1ccc(OCCN(C)C[C@@H](O)CO)c(C)c1. The summed E-state index contributed by atoms with van der Waals surface area (Å²) in [7, 11) is 1.89. The van der Waals surface area contributed by atoms with Crippen LogP contribution in [-0.2, 0) is 0 Å². The molecule has 18 heavy (non-hydrogen) atoms. The Morgan fingerprint density at radius 3 is 2.67 bits per heavy atom. The van der Waals surface area contributed by atoms with Crippen LogP contribution in [0.1, 0.15) is 11.1 Å². The summed E-state index contributed by atoms with van der Waals surface area (Å²) in [6.07, 6.45) is -0.684. The second kappa shape index (κ2) is 7.36. The number of rotatable bonds is 7. The zero-order chi connectivity index (χ0) is 13.5. The van der Waals surface area contributed by atoms with Gasteiger partial charge in [0.1, 0.15) is 12.4 Å². The number of benzene rings is 1. The van der Waals surface area contributed by atoms with Crippen LogP contribution in [0, 0.1) is 13.8 Å². The summed E-state index contributed by atoms with van der Waals surface area (Å²) in [5, 5.41) is 18.0. The van der Waals surface area contributed by atoms with Gasteiger partial charge < -0.3 is 19.8 Å². The molecule has 1 atom stereocenters. The molecule has 0 aliphatic heterocycles.